The lowest BCUT2D eigenvalue weighted by Gasteiger charge is -2.39. The monoisotopic (exact) mass is 199 g/mol. The maximum atomic E-state index is 11.3. The van der Waals surface area contributed by atoms with E-state index in [1.54, 1.807) is 0 Å². The summed E-state index contributed by atoms with van der Waals surface area (Å²) in [5.74, 6) is -0.155. The molecule has 0 aromatic heterocycles. The number of rotatable bonds is 4. The van der Waals surface area contributed by atoms with E-state index in [0.717, 1.165) is 0 Å². The van der Waals surface area contributed by atoms with Crippen LogP contribution in [-0.2, 0) is 9.53 Å². The number of carbonyl (C=O) groups is 1. The van der Waals surface area contributed by atoms with Gasteiger partial charge in [-0.3, -0.25) is 4.79 Å². The molecule has 0 aliphatic heterocycles. The van der Waals surface area contributed by atoms with E-state index >= 15 is 0 Å². The second-order valence-corrected chi connectivity index (χ2v) is 5.02. The topological polar surface area (TPSA) is 52.3 Å². The molecule has 3 nitrogen and oxygen atoms in total. The van der Waals surface area contributed by atoms with E-state index in [2.05, 4.69) is 13.8 Å². The third-order valence-electron chi connectivity index (χ3n) is 4.12. The predicted molar refractivity (Wildman–Crippen MR) is 55.7 cm³/mol. The maximum absolute atomic E-state index is 11.3. The van der Waals surface area contributed by atoms with Gasteiger partial charge in [-0.1, -0.05) is 13.8 Å². The molecule has 2 atom stereocenters. The van der Waals surface area contributed by atoms with Crippen LogP contribution in [-0.4, -0.2) is 19.1 Å². The van der Waals surface area contributed by atoms with Crippen LogP contribution in [0, 0.1) is 10.8 Å². The van der Waals surface area contributed by atoms with Gasteiger partial charge < -0.3 is 10.5 Å². The molecule has 3 heteroatoms. The van der Waals surface area contributed by atoms with Gasteiger partial charge in [-0.25, -0.2) is 0 Å². The Morgan fingerprint density at radius 2 is 2.14 bits per heavy atom. The fourth-order valence-electron chi connectivity index (χ4n) is 2.05. The number of nitrogens with two attached hydrogens (primary N) is 1. The van der Waals surface area contributed by atoms with Crippen molar-refractivity contribution in [3.05, 3.63) is 0 Å². The quantitative estimate of drug-likeness (QED) is 0.701. The third kappa shape index (κ3) is 1.78. The summed E-state index contributed by atoms with van der Waals surface area (Å²) in [6.07, 6.45) is 2.77. The van der Waals surface area contributed by atoms with Crippen LogP contribution in [0.25, 0.3) is 0 Å². The van der Waals surface area contributed by atoms with Crippen molar-refractivity contribution in [2.45, 2.75) is 46.1 Å². The van der Waals surface area contributed by atoms with E-state index in [1.807, 2.05) is 6.92 Å². The molecule has 1 saturated carbocycles. The van der Waals surface area contributed by atoms with Crippen molar-refractivity contribution in [3.63, 3.8) is 0 Å². The van der Waals surface area contributed by atoms with E-state index in [-0.39, 0.29) is 22.8 Å². The summed E-state index contributed by atoms with van der Waals surface area (Å²) < 4.78 is 4.72. The third-order valence-corrected chi connectivity index (χ3v) is 4.12. The highest BCUT2D eigenvalue weighted by Gasteiger charge is 2.55. The van der Waals surface area contributed by atoms with Crippen LogP contribution in [0.1, 0.15) is 40.0 Å². The first-order valence-corrected chi connectivity index (χ1v) is 5.18. The average Bonchev–Trinajstić information content (AvgIpc) is 2.84. The first-order valence-electron chi connectivity index (χ1n) is 5.18. The van der Waals surface area contributed by atoms with Crippen LogP contribution in [0.5, 0.6) is 0 Å². The van der Waals surface area contributed by atoms with Gasteiger partial charge in [0.1, 0.15) is 0 Å². The Morgan fingerprint density at radius 3 is 2.43 bits per heavy atom. The summed E-state index contributed by atoms with van der Waals surface area (Å²) in [4.78, 5) is 11.3. The van der Waals surface area contributed by atoms with Crippen molar-refractivity contribution in [1.82, 2.24) is 0 Å². The van der Waals surface area contributed by atoms with Gasteiger partial charge in [0.05, 0.1) is 13.5 Å². The second-order valence-electron chi connectivity index (χ2n) is 5.02. The van der Waals surface area contributed by atoms with Gasteiger partial charge in [-0.05, 0) is 30.6 Å². The fourth-order valence-corrected chi connectivity index (χ4v) is 2.05. The molecule has 2 unspecified atom stereocenters. The molecule has 14 heavy (non-hydrogen) atoms. The van der Waals surface area contributed by atoms with Crippen LogP contribution in [0.2, 0.25) is 0 Å². The van der Waals surface area contributed by atoms with Crippen molar-refractivity contribution >= 4 is 5.97 Å². The lowest BCUT2D eigenvalue weighted by molar-refractivity contribution is -0.144. The summed E-state index contributed by atoms with van der Waals surface area (Å²) in [5, 5.41) is 0. The van der Waals surface area contributed by atoms with Gasteiger partial charge in [-0.2, -0.15) is 0 Å². The molecule has 1 aliphatic rings. The lowest BCUT2D eigenvalue weighted by atomic mass is 9.68. The Balaban J connectivity index is 2.77. The molecule has 1 aliphatic carbocycles. The second kappa shape index (κ2) is 3.54. The van der Waals surface area contributed by atoms with Gasteiger partial charge in [0, 0.05) is 6.04 Å². The largest absolute Gasteiger partial charge is 0.469 e. The number of hydrogen-bond donors (Lipinski definition) is 1. The van der Waals surface area contributed by atoms with E-state index < -0.39 is 0 Å². The predicted octanol–water partition coefficient (Wildman–Crippen LogP) is 1.70. The van der Waals surface area contributed by atoms with Gasteiger partial charge in [0.2, 0.25) is 0 Å². The summed E-state index contributed by atoms with van der Waals surface area (Å²) in [6, 6.07) is 0.0223. The molecular formula is C11H21NO2. The SMILES string of the molecule is COC(=O)CC(C)(C(C)N)C1(C)CC1. The summed E-state index contributed by atoms with van der Waals surface area (Å²) in [7, 11) is 1.43. The molecule has 0 heterocycles. The van der Waals surface area contributed by atoms with Crippen LogP contribution >= 0.6 is 0 Å². The Bertz CT molecular complexity index is 233. The minimum atomic E-state index is -0.155. The van der Waals surface area contributed by atoms with E-state index in [1.165, 1.54) is 20.0 Å². The van der Waals surface area contributed by atoms with Gasteiger partial charge >= 0.3 is 5.97 Å². The molecule has 0 amide bonds. The van der Waals surface area contributed by atoms with E-state index in [4.69, 9.17) is 10.5 Å². The Morgan fingerprint density at radius 1 is 1.64 bits per heavy atom. The molecule has 1 fully saturated rings. The first-order chi connectivity index (χ1) is 6.35. The average molecular weight is 199 g/mol. The summed E-state index contributed by atoms with van der Waals surface area (Å²) in [5.41, 5.74) is 6.10. The molecule has 0 saturated heterocycles. The van der Waals surface area contributed by atoms with Gasteiger partial charge in [0.25, 0.3) is 0 Å². The highest BCUT2D eigenvalue weighted by molar-refractivity contribution is 5.70. The molecular weight excluding hydrogens is 178 g/mol. The van der Waals surface area contributed by atoms with Crippen LogP contribution in [0.3, 0.4) is 0 Å². The zero-order chi connectivity index (χ0) is 11.0. The summed E-state index contributed by atoms with van der Waals surface area (Å²) in [6.45, 7) is 6.29. The van der Waals surface area contributed by atoms with Crippen molar-refractivity contribution in [2.75, 3.05) is 7.11 Å². The summed E-state index contributed by atoms with van der Waals surface area (Å²) >= 11 is 0. The molecule has 0 spiro atoms. The highest BCUT2D eigenvalue weighted by atomic mass is 16.5. The molecule has 0 aromatic carbocycles. The van der Waals surface area contributed by atoms with Crippen LogP contribution in [0.4, 0.5) is 0 Å². The minimum Gasteiger partial charge on any atom is -0.469 e. The minimum absolute atomic E-state index is 0.0223. The normalized spacial score (nSPS) is 24.9. The molecule has 82 valence electrons. The highest BCUT2D eigenvalue weighted by Crippen LogP contribution is 2.60. The van der Waals surface area contributed by atoms with Crippen molar-refractivity contribution in [3.8, 4) is 0 Å². The number of carbonyl (C=O) groups excluding carboxylic acids is 1. The van der Waals surface area contributed by atoms with Crippen LogP contribution < -0.4 is 5.73 Å². The van der Waals surface area contributed by atoms with Crippen molar-refractivity contribution < 1.29 is 9.53 Å². The maximum Gasteiger partial charge on any atom is 0.306 e. The number of methoxy groups -OCH3 is 1. The Kier molecular flexibility index (Phi) is 2.91. The van der Waals surface area contributed by atoms with Crippen molar-refractivity contribution in [1.29, 1.82) is 0 Å². The smallest absolute Gasteiger partial charge is 0.306 e. The van der Waals surface area contributed by atoms with Gasteiger partial charge in [0.15, 0.2) is 0 Å². The first kappa shape index (κ1) is 11.5. The Hall–Kier alpha value is -0.570. The standard InChI is InChI=1S/C11H21NO2/c1-8(12)11(3,7-9(13)14-4)10(2)5-6-10/h8H,5-7,12H2,1-4H3. The lowest BCUT2D eigenvalue weighted by Crippen LogP contribution is -2.44. The van der Waals surface area contributed by atoms with Crippen molar-refractivity contribution in [2.24, 2.45) is 16.6 Å². The molecule has 2 N–H and O–H groups in total. The van der Waals surface area contributed by atoms with Crippen LogP contribution in [0.15, 0.2) is 0 Å². The molecule has 0 radical (unpaired) electrons. The fraction of sp³-hybridized carbons (Fsp3) is 0.909. The van der Waals surface area contributed by atoms with Gasteiger partial charge in [-0.15, -0.1) is 0 Å². The number of hydrogen-bond acceptors (Lipinski definition) is 3. The molecule has 0 bridgehead atoms. The zero-order valence-corrected chi connectivity index (χ0v) is 9.59. The zero-order valence-electron chi connectivity index (χ0n) is 9.59. The van der Waals surface area contributed by atoms with E-state index in [9.17, 15) is 4.79 Å². The molecule has 1 rings (SSSR count). The number of esters is 1. The Labute approximate surface area is 86.0 Å². The number of ether oxygens (including phenoxy) is 1. The molecule has 0 aromatic rings. The van der Waals surface area contributed by atoms with E-state index in [0.29, 0.717) is 6.42 Å².